The summed E-state index contributed by atoms with van der Waals surface area (Å²) in [6, 6.07) is 8.95. The first-order valence-electron chi connectivity index (χ1n) is 5.87. The maximum atomic E-state index is 11.6. The van der Waals surface area contributed by atoms with Crippen LogP contribution in [0, 0.1) is 0 Å². The largest absolute Gasteiger partial charge is 0.325 e. The molecule has 5 heteroatoms. The lowest BCUT2D eigenvalue weighted by atomic mass is 10.1. The second-order valence-electron chi connectivity index (χ2n) is 4.05. The Labute approximate surface area is 105 Å². The number of amides is 1. The first kappa shape index (κ1) is 12.3. The van der Waals surface area contributed by atoms with Crippen LogP contribution in [0.5, 0.6) is 0 Å². The summed E-state index contributed by atoms with van der Waals surface area (Å²) in [5.41, 5.74) is 8.35. The molecule has 0 saturated heterocycles. The third-order valence-electron chi connectivity index (χ3n) is 2.74. The molecule has 1 aromatic carbocycles. The average molecular weight is 244 g/mol. The molecule has 0 fully saturated rings. The summed E-state index contributed by atoms with van der Waals surface area (Å²) in [6.07, 6.45) is 2.32. The van der Waals surface area contributed by atoms with E-state index in [2.05, 4.69) is 15.5 Å². The van der Waals surface area contributed by atoms with Gasteiger partial charge in [0.1, 0.15) is 0 Å². The number of nitrogens with one attached hydrogen (secondary N) is 2. The van der Waals surface area contributed by atoms with E-state index in [4.69, 9.17) is 5.73 Å². The maximum Gasteiger partial charge on any atom is 0.241 e. The third kappa shape index (κ3) is 2.75. The van der Waals surface area contributed by atoms with E-state index in [0.29, 0.717) is 6.42 Å². The molecular weight excluding hydrogens is 228 g/mol. The van der Waals surface area contributed by atoms with Crippen LogP contribution in [0.25, 0.3) is 11.3 Å². The zero-order valence-electron chi connectivity index (χ0n) is 10.2. The lowest BCUT2D eigenvalue weighted by Gasteiger charge is -2.10. The molecule has 0 bridgehead atoms. The summed E-state index contributed by atoms with van der Waals surface area (Å²) in [5, 5.41) is 9.55. The molecule has 0 unspecified atom stereocenters. The summed E-state index contributed by atoms with van der Waals surface area (Å²) >= 11 is 0. The fraction of sp³-hybridized carbons (Fsp3) is 0.231. The molecule has 1 atom stereocenters. The monoisotopic (exact) mass is 244 g/mol. The fourth-order valence-corrected chi connectivity index (χ4v) is 1.57. The molecule has 18 heavy (non-hydrogen) atoms. The predicted octanol–water partition coefficient (Wildman–Crippen LogP) is 1.75. The number of benzene rings is 1. The first-order valence-corrected chi connectivity index (χ1v) is 5.87. The van der Waals surface area contributed by atoms with Crippen LogP contribution in [0.3, 0.4) is 0 Å². The Morgan fingerprint density at radius 1 is 1.39 bits per heavy atom. The van der Waals surface area contributed by atoms with Gasteiger partial charge in [-0.2, -0.15) is 5.10 Å². The van der Waals surface area contributed by atoms with Crippen LogP contribution in [0.1, 0.15) is 13.3 Å². The van der Waals surface area contributed by atoms with Crippen LogP contribution in [-0.2, 0) is 4.79 Å². The number of anilines is 1. The minimum Gasteiger partial charge on any atom is -0.325 e. The number of aromatic amines is 1. The van der Waals surface area contributed by atoms with Gasteiger partial charge >= 0.3 is 0 Å². The van der Waals surface area contributed by atoms with Gasteiger partial charge in [-0.3, -0.25) is 9.89 Å². The Hall–Kier alpha value is -2.14. The summed E-state index contributed by atoms with van der Waals surface area (Å²) in [6.45, 7) is 1.88. The number of nitrogens with zero attached hydrogens (tertiary/aromatic N) is 1. The standard InChI is InChI=1S/C13H16N4O/c1-2-11(14)13(18)16-10-5-3-9(4-6-10)12-7-8-15-17-12/h3-8,11H,2,14H2,1H3,(H,15,17)(H,16,18)/t11-/m1/s1. The van der Waals surface area contributed by atoms with Crippen LogP contribution < -0.4 is 11.1 Å². The van der Waals surface area contributed by atoms with Gasteiger partial charge in [-0.25, -0.2) is 0 Å². The van der Waals surface area contributed by atoms with E-state index in [-0.39, 0.29) is 5.91 Å². The van der Waals surface area contributed by atoms with Crippen LogP contribution in [-0.4, -0.2) is 22.1 Å². The van der Waals surface area contributed by atoms with Gasteiger partial charge in [-0.1, -0.05) is 19.1 Å². The summed E-state index contributed by atoms with van der Waals surface area (Å²) in [7, 11) is 0. The lowest BCUT2D eigenvalue weighted by Crippen LogP contribution is -2.34. The maximum absolute atomic E-state index is 11.6. The van der Waals surface area contributed by atoms with Crippen molar-refractivity contribution in [2.45, 2.75) is 19.4 Å². The van der Waals surface area contributed by atoms with Crippen molar-refractivity contribution in [1.29, 1.82) is 0 Å². The SMILES string of the molecule is CC[C@@H](N)C(=O)Nc1ccc(-c2ccn[nH]2)cc1. The Bertz CT molecular complexity index is 504. The number of hydrogen-bond acceptors (Lipinski definition) is 3. The number of rotatable bonds is 4. The van der Waals surface area contributed by atoms with Crippen LogP contribution >= 0.6 is 0 Å². The van der Waals surface area contributed by atoms with Crippen molar-refractivity contribution < 1.29 is 4.79 Å². The summed E-state index contributed by atoms with van der Waals surface area (Å²) < 4.78 is 0. The molecule has 2 rings (SSSR count). The predicted molar refractivity (Wildman–Crippen MR) is 70.9 cm³/mol. The normalized spacial score (nSPS) is 12.1. The highest BCUT2D eigenvalue weighted by atomic mass is 16.2. The smallest absolute Gasteiger partial charge is 0.241 e. The van der Waals surface area contributed by atoms with Crippen molar-refractivity contribution in [2.75, 3.05) is 5.32 Å². The number of aromatic nitrogens is 2. The molecule has 1 amide bonds. The molecule has 0 aliphatic carbocycles. The molecule has 0 aliphatic rings. The minimum atomic E-state index is -0.461. The lowest BCUT2D eigenvalue weighted by molar-refractivity contribution is -0.117. The van der Waals surface area contributed by atoms with E-state index >= 15 is 0 Å². The molecule has 5 nitrogen and oxygen atoms in total. The Morgan fingerprint density at radius 3 is 2.67 bits per heavy atom. The van der Waals surface area contributed by atoms with Crippen LogP contribution in [0.2, 0.25) is 0 Å². The van der Waals surface area contributed by atoms with Crippen molar-refractivity contribution in [1.82, 2.24) is 10.2 Å². The Morgan fingerprint density at radius 2 is 2.11 bits per heavy atom. The Kier molecular flexibility index (Phi) is 3.74. The molecular formula is C13H16N4O. The van der Waals surface area contributed by atoms with Gasteiger partial charge in [0.15, 0.2) is 0 Å². The molecule has 1 heterocycles. The quantitative estimate of drug-likeness (QED) is 0.766. The highest BCUT2D eigenvalue weighted by Crippen LogP contribution is 2.18. The molecule has 94 valence electrons. The van der Waals surface area contributed by atoms with E-state index < -0.39 is 6.04 Å². The zero-order chi connectivity index (χ0) is 13.0. The summed E-state index contributed by atoms with van der Waals surface area (Å²) in [5.74, 6) is -0.160. The highest BCUT2D eigenvalue weighted by Gasteiger charge is 2.10. The summed E-state index contributed by atoms with van der Waals surface area (Å²) in [4.78, 5) is 11.6. The molecule has 0 aliphatic heterocycles. The number of H-pyrrole nitrogens is 1. The van der Waals surface area contributed by atoms with Gasteiger partial charge in [-0.05, 0) is 30.2 Å². The van der Waals surface area contributed by atoms with Gasteiger partial charge in [0.2, 0.25) is 5.91 Å². The fourth-order valence-electron chi connectivity index (χ4n) is 1.57. The first-order chi connectivity index (χ1) is 8.70. The number of hydrogen-bond donors (Lipinski definition) is 3. The number of carbonyl (C=O) groups excluding carboxylic acids is 1. The van der Waals surface area contributed by atoms with Crippen molar-refractivity contribution in [3.05, 3.63) is 36.5 Å². The van der Waals surface area contributed by atoms with Gasteiger partial charge in [0, 0.05) is 11.9 Å². The van der Waals surface area contributed by atoms with E-state index in [1.165, 1.54) is 0 Å². The average Bonchev–Trinajstić information content (AvgIpc) is 2.92. The van der Waals surface area contributed by atoms with Crippen molar-refractivity contribution >= 4 is 11.6 Å². The van der Waals surface area contributed by atoms with Crippen LogP contribution in [0.4, 0.5) is 5.69 Å². The van der Waals surface area contributed by atoms with E-state index in [1.54, 1.807) is 6.20 Å². The molecule has 1 aromatic heterocycles. The number of carbonyl (C=O) groups is 1. The van der Waals surface area contributed by atoms with Crippen molar-refractivity contribution in [3.63, 3.8) is 0 Å². The van der Waals surface area contributed by atoms with Crippen molar-refractivity contribution in [2.24, 2.45) is 5.73 Å². The molecule has 4 N–H and O–H groups in total. The topological polar surface area (TPSA) is 83.8 Å². The van der Waals surface area contributed by atoms with Gasteiger partial charge in [0.25, 0.3) is 0 Å². The number of nitrogens with two attached hydrogens (primary N) is 1. The van der Waals surface area contributed by atoms with Crippen molar-refractivity contribution in [3.8, 4) is 11.3 Å². The second kappa shape index (κ2) is 5.46. The third-order valence-corrected chi connectivity index (χ3v) is 2.74. The second-order valence-corrected chi connectivity index (χ2v) is 4.05. The van der Waals surface area contributed by atoms with Gasteiger partial charge in [0.05, 0.1) is 11.7 Å². The van der Waals surface area contributed by atoms with E-state index in [9.17, 15) is 4.79 Å². The zero-order valence-corrected chi connectivity index (χ0v) is 10.2. The Balaban J connectivity index is 2.06. The molecule has 0 spiro atoms. The molecule has 0 saturated carbocycles. The van der Waals surface area contributed by atoms with E-state index in [0.717, 1.165) is 16.9 Å². The molecule has 0 radical (unpaired) electrons. The van der Waals surface area contributed by atoms with E-state index in [1.807, 2.05) is 37.3 Å². The van der Waals surface area contributed by atoms with Gasteiger partial charge < -0.3 is 11.1 Å². The minimum absolute atomic E-state index is 0.160. The molecule has 2 aromatic rings. The van der Waals surface area contributed by atoms with Crippen LogP contribution in [0.15, 0.2) is 36.5 Å². The van der Waals surface area contributed by atoms with Gasteiger partial charge in [-0.15, -0.1) is 0 Å². The highest BCUT2D eigenvalue weighted by molar-refractivity contribution is 5.94.